The number of hydrogen-bond donors (Lipinski definition) is 3. The van der Waals surface area contributed by atoms with E-state index in [4.69, 9.17) is 28.6 Å². The van der Waals surface area contributed by atoms with Crippen LogP contribution in [-0.2, 0) is 4.79 Å². The highest BCUT2D eigenvalue weighted by molar-refractivity contribution is 9.10. The van der Waals surface area contributed by atoms with Crippen LogP contribution < -0.4 is 20.7 Å². The van der Waals surface area contributed by atoms with E-state index in [1.807, 2.05) is 12.1 Å². The van der Waals surface area contributed by atoms with Crippen molar-refractivity contribution in [1.29, 1.82) is 0 Å². The van der Waals surface area contributed by atoms with Crippen LogP contribution in [0.15, 0.2) is 77.3 Å². The number of rotatable bonds is 6. The molecule has 168 valence electrons. The topological polar surface area (TPSA) is 79.5 Å². The first-order valence-corrected chi connectivity index (χ1v) is 11.2. The highest BCUT2D eigenvalue weighted by Crippen LogP contribution is 2.24. The molecule has 0 atom stereocenters. The molecule has 0 fully saturated rings. The maximum Gasteiger partial charge on any atom is 0.255 e. The number of benzene rings is 3. The number of halogens is 2. The van der Waals surface area contributed by atoms with Gasteiger partial charge in [0.25, 0.3) is 5.91 Å². The molecule has 0 bridgehead atoms. The fraction of sp³-hybridized carbons (Fsp3) is 0.0417. The first kappa shape index (κ1) is 24.4. The van der Waals surface area contributed by atoms with E-state index in [0.29, 0.717) is 27.7 Å². The molecule has 3 rings (SSSR count). The zero-order valence-electron chi connectivity index (χ0n) is 17.4. The maximum atomic E-state index is 12.3. The predicted molar refractivity (Wildman–Crippen MR) is 140 cm³/mol. The van der Waals surface area contributed by atoms with E-state index in [1.54, 1.807) is 67.8 Å². The summed E-state index contributed by atoms with van der Waals surface area (Å²) < 4.78 is 6.15. The van der Waals surface area contributed by atoms with Gasteiger partial charge in [-0.1, -0.05) is 33.6 Å². The quantitative estimate of drug-likeness (QED) is 0.266. The minimum Gasteiger partial charge on any atom is -0.496 e. The van der Waals surface area contributed by atoms with Crippen LogP contribution >= 0.6 is 39.7 Å². The molecule has 9 heteroatoms. The molecule has 2 amide bonds. The van der Waals surface area contributed by atoms with Gasteiger partial charge >= 0.3 is 0 Å². The number of nitrogens with one attached hydrogen (secondary N) is 3. The van der Waals surface area contributed by atoms with Crippen molar-refractivity contribution in [3.63, 3.8) is 0 Å². The smallest absolute Gasteiger partial charge is 0.255 e. The van der Waals surface area contributed by atoms with Crippen molar-refractivity contribution in [2.24, 2.45) is 0 Å². The van der Waals surface area contributed by atoms with E-state index in [0.717, 1.165) is 10.0 Å². The van der Waals surface area contributed by atoms with Gasteiger partial charge in [0.2, 0.25) is 5.91 Å². The normalized spacial score (nSPS) is 10.5. The minimum absolute atomic E-state index is 0.140. The molecule has 3 N–H and O–H groups in total. The molecule has 0 saturated heterocycles. The van der Waals surface area contributed by atoms with Crippen LogP contribution in [0.25, 0.3) is 6.08 Å². The van der Waals surface area contributed by atoms with Gasteiger partial charge in [0, 0.05) is 38.1 Å². The van der Waals surface area contributed by atoms with Gasteiger partial charge in [0.15, 0.2) is 5.11 Å². The van der Waals surface area contributed by atoms with Crippen molar-refractivity contribution in [2.75, 3.05) is 17.7 Å². The summed E-state index contributed by atoms with van der Waals surface area (Å²) in [5.74, 6) is -0.0136. The molecule has 0 aliphatic rings. The van der Waals surface area contributed by atoms with Gasteiger partial charge in [0.05, 0.1) is 7.11 Å². The third-order valence-corrected chi connectivity index (χ3v) is 5.26. The van der Waals surface area contributed by atoms with Crippen molar-refractivity contribution in [1.82, 2.24) is 5.32 Å². The summed E-state index contributed by atoms with van der Waals surface area (Å²) in [7, 11) is 1.56. The van der Waals surface area contributed by atoms with Crippen LogP contribution in [0.4, 0.5) is 11.4 Å². The second-order valence-corrected chi connectivity index (χ2v) is 8.47. The van der Waals surface area contributed by atoms with Crippen molar-refractivity contribution >= 4 is 74.1 Å². The van der Waals surface area contributed by atoms with E-state index < -0.39 is 0 Å². The average Bonchev–Trinajstić information content (AvgIpc) is 2.79. The van der Waals surface area contributed by atoms with Crippen LogP contribution in [0.3, 0.4) is 0 Å². The summed E-state index contributed by atoms with van der Waals surface area (Å²) in [6, 6.07) is 19.1. The molecule has 0 aliphatic heterocycles. The molecule has 3 aromatic carbocycles. The molecule has 6 nitrogen and oxygen atoms in total. The summed E-state index contributed by atoms with van der Waals surface area (Å²) in [5, 5.41) is 8.93. The molecule has 0 unspecified atom stereocenters. The van der Waals surface area contributed by atoms with Gasteiger partial charge in [0.1, 0.15) is 5.75 Å². The monoisotopic (exact) mass is 543 g/mol. The number of ether oxygens (including phenoxy) is 1. The van der Waals surface area contributed by atoms with Crippen molar-refractivity contribution < 1.29 is 14.3 Å². The first-order chi connectivity index (χ1) is 15.8. The van der Waals surface area contributed by atoms with E-state index >= 15 is 0 Å². The maximum absolute atomic E-state index is 12.3. The Bertz CT molecular complexity index is 1220. The van der Waals surface area contributed by atoms with Gasteiger partial charge in [-0.3, -0.25) is 14.9 Å². The molecule has 0 spiro atoms. The lowest BCUT2D eigenvalue weighted by Crippen LogP contribution is -2.32. The second kappa shape index (κ2) is 11.6. The molecule has 0 saturated carbocycles. The number of carbonyl (C=O) groups is 2. The van der Waals surface area contributed by atoms with Crippen LogP contribution in [0.1, 0.15) is 15.9 Å². The summed E-state index contributed by atoms with van der Waals surface area (Å²) in [6.45, 7) is 0. The highest BCUT2D eigenvalue weighted by Gasteiger charge is 2.07. The molecular weight excluding hydrogens is 526 g/mol. The summed E-state index contributed by atoms with van der Waals surface area (Å²) >= 11 is 14.5. The van der Waals surface area contributed by atoms with E-state index in [2.05, 4.69) is 31.9 Å². The van der Waals surface area contributed by atoms with Crippen LogP contribution in [0, 0.1) is 0 Å². The minimum atomic E-state index is -0.389. The summed E-state index contributed by atoms with van der Waals surface area (Å²) in [5.41, 5.74) is 2.46. The van der Waals surface area contributed by atoms with Crippen molar-refractivity contribution in [3.05, 3.63) is 93.4 Å². The third-order valence-electron chi connectivity index (χ3n) is 4.33. The Morgan fingerprint density at radius 1 is 1.00 bits per heavy atom. The zero-order valence-corrected chi connectivity index (χ0v) is 20.6. The number of anilines is 2. The van der Waals surface area contributed by atoms with E-state index in [-0.39, 0.29) is 16.9 Å². The first-order valence-electron chi connectivity index (χ1n) is 9.64. The van der Waals surface area contributed by atoms with Crippen LogP contribution in [0.5, 0.6) is 5.75 Å². The Kier molecular flexibility index (Phi) is 8.59. The number of amides is 2. The third kappa shape index (κ3) is 7.42. The summed E-state index contributed by atoms with van der Waals surface area (Å²) in [4.78, 5) is 24.5. The number of hydrogen-bond acceptors (Lipinski definition) is 4. The lowest BCUT2D eigenvalue weighted by atomic mass is 10.2. The lowest BCUT2D eigenvalue weighted by molar-refractivity contribution is -0.115. The molecule has 33 heavy (non-hydrogen) atoms. The molecule has 0 aliphatic carbocycles. The Morgan fingerprint density at radius 3 is 2.36 bits per heavy atom. The van der Waals surface area contributed by atoms with Gasteiger partial charge in [-0.2, -0.15) is 0 Å². The standard InChI is InChI=1S/C24H19BrClN3O3S/c1-32-21-11-6-17(25)13-15(21)5-12-22(30)29-24(33)28-20-9-7-19(8-10-20)27-23(31)16-3-2-4-18(26)14-16/h2-14H,1H3,(H,27,31)(H2,28,29,30,33). The molecule has 0 radical (unpaired) electrons. The Balaban J connectivity index is 1.53. The zero-order chi connectivity index (χ0) is 23.8. The van der Waals surface area contributed by atoms with Crippen LogP contribution in [-0.4, -0.2) is 24.0 Å². The number of methoxy groups -OCH3 is 1. The highest BCUT2D eigenvalue weighted by atomic mass is 79.9. The molecule has 3 aromatic rings. The Morgan fingerprint density at radius 2 is 1.70 bits per heavy atom. The predicted octanol–water partition coefficient (Wildman–Crippen LogP) is 5.89. The number of carbonyl (C=O) groups excluding carboxylic acids is 2. The average molecular weight is 545 g/mol. The van der Waals surface area contributed by atoms with E-state index in [1.165, 1.54) is 6.08 Å². The lowest BCUT2D eigenvalue weighted by Gasteiger charge is -2.10. The van der Waals surface area contributed by atoms with Gasteiger partial charge in [-0.15, -0.1) is 0 Å². The van der Waals surface area contributed by atoms with E-state index in [9.17, 15) is 9.59 Å². The second-order valence-electron chi connectivity index (χ2n) is 6.70. The van der Waals surface area contributed by atoms with Gasteiger partial charge < -0.3 is 15.4 Å². The molecular formula is C24H19BrClN3O3S. The van der Waals surface area contributed by atoms with Gasteiger partial charge in [-0.25, -0.2) is 0 Å². The van der Waals surface area contributed by atoms with Gasteiger partial charge in [-0.05, 0) is 79.0 Å². The van der Waals surface area contributed by atoms with Crippen molar-refractivity contribution in [3.8, 4) is 5.75 Å². The largest absolute Gasteiger partial charge is 0.496 e. The fourth-order valence-electron chi connectivity index (χ4n) is 2.79. The Labute approximate surface area is 210 Å². The van der Waals surface area contributed by atoms with Crippen LogP contribution in [0.2, 0.25) is 5.02 Å². The van der Waals surface area contributed by atoms with Crippen molar-refractivity contribution in [2.45, 2.75) is 0 Å². The summed E-state index contributed by atoms with van der Waals surface area (Å²) in [6.07, 6.45) is 3.01. The number of thiocarbonyl (C=S) groups is 1. The molecule has 0 heterocycles. The Hall–Kier alpha value is -3.20. The fourth-order valence-corrected chi connectivity index (χ4v) is 3.57. The SMILES string of the molecule is COc1ccc(Br)cc1C=CC(=O)NC(=S)Nc1ccc(NC(=O)c2cccc(Cl)c2)cc1. The molecule has 0 aromatic heterocycles.